The second-order valence-electron chi connectivity index (χ2n) is 5.52. The fourth-order valence-corrected chi connectivity index (χ4v) is 3.14. The first-order valence-corrected chi connectivity index (χ1v) is 7.40. The van der Waals surface area contributed by atoms with Gasteiger partial charge in [-0.2, -0.15) is 0 Å². The Balaban J connectivity index is 1.95. The number of hydrogen-bond acceptors (Lipinski definition) is 0. The molecule has 0 saturated heterocycles. The van der Waals surface area contributed by atoms with Gasteiger partial charge in [-0.1, -0.05) is 37.8 Å². The molecule has 1 aliphatic carbocycles. The van der Waals surface area contributed by atoms with Gasteiger partial charge in [-0.3, -0.25) is 0 Å². The topological polar surface area (TPSA) is 0 Å². The lowest BCUT2D eigenvalue weighted by Crippen LogP contribution is -2.13. The van der Waals surface area contributed by atoms with Gasteiger partial charge in [-0.25, -0.2) is 0 Å². The predicted molar refractivity (Wildman–Crippen MR) is 81.8 cm³/mol. The molecule has 0 radical (unpaired) electrons. The molecule has 0 amide bonds. The minimum Gasteiger partial charge on any atom is -0.106 e. The van der Waals surface area contributed by atoms with Crippen LogP contribution in [-0.4, -0.2) is 0 Å². The van der Waals surface area contributed by atoms with Gasteiger partial charge in [0, 0.05) is 5.56 Å². The lowest BCUT2D eigenvalue weighted by atomic mass is 9.77. The van der Waals surface area contributed by atoms with Crippen LogP contribution < -0.4 is 0 Å². The fraction of sp³-hybridized carbons (Fsp3) is 0.474. The lowest BCUT2D eigenvalue weighted by molar-refractivity contribution is 0.308. The highest BCUT2D eigenvalue weighted by molar-refractivity contribution is 5.40. The van der Waals surface area contributed by atoms with Crippen molar-refractivity contribution in [1.29, 1.82) is 0 Å². The summed E-state index contributed by atoms with van der Waals surface area (Å²) in [6.45, 7) is 2.29. The van der Waals surface area contributed by atoms with E-state index >= 15 is 0 Å². The van der Waals surface area contributed by atoms with E-state index in [-0.39, 0.29) is 0 Å². The number of rotatable bonds is 3. The van der Waals surface area contributed by atoms with Crippen LogP contribution in [0.1, 0.15) is 62.5 Å². The zero-order chi connectivity index (χ0) is 13.5. The zero-order valence-corrected chi connectivity index (χ0v) is 11.8. The van der Waals surface area contributed by atoms with Crippen molar-refractivity contribution < 1.29 is 0 Å². The van der Waals surface area contributed by atoms with Gasteiger partial charge in [0.05, 0.1) is 0 Å². The average molecular weight is 250 g/mol. The van der Waals surface area contributed by atoms with Crippen LogP contribution in [0.4, 0.5) is 0 Å². The van der Waals surface area contributed by atoms with Gasteiger partial charge in [0.2, 0.25) is 0 Å². The average Bonchev–Trinajstić information content (AvgIpc) is 2.47. The summed E-state index contributed by atoms with van der Waals surface area (Å²) in [4.78, 5) is 0. The fourth-order valence-electron chi connectivity index (χ4n) is 3.14. The smallest absolute Gasteiger partial charge is 0.0255 e. The molecule has 0 unspecified atom stereocenters. The van der Waals surface area contributed by atoms with Crippen molar-refractivity contribution in [3.63, 3.8) is 0 Å². The molecule has 0 aromatic heterocycles. The number of terminal acetylenes is 1. The monoisotopic (exact) mass is 250 g/mol. The van der Waals surface area contributed by atoms with Crippen LogP contribution in [0.15, 0.2) is 24.3 Å². The Kier molecular flexibility index (Phi) is 5.11. The summed E-state index contributed by atoms with van der Waals surface area (Å²) in [6, 6.07) is 8.65. The molecule has 1 fully saturated rings. The summed E-state index contributed by atoms with van der Waals surface area (Å²) in [5.41, 5.74) is 2.49. The maximum Gasteiger partial charge on any atom is 0.0255 e. The van der Waals surface area contributed by atoms with Crippen molar-refractivity contribution in [3.05, 3.63) is 35.4 Å². The van der Waals surface area contributed by atoms with E-state index < -0.39 is 0 Å². The highest BCUT2D eigenvalue weighted by Crippen LogP contribution is 2.37. The third-order valence-corrected chi connectivity index (χ3v) is 4.20. The maximum absolute atomic E-state index is 5.14. The summed E-state index contributed by atoms with van der Waals surface area (Å²) in [6.07, 6.45) is 13.4. The maximum atomic E-state index is 5.14. The minimum absolute atomic E-state index is 0.753. The van der Waals surface area contributed by atoms with Crippen LogP contribution in [0.3, 0.4) is 0 Å². The van der Waals surface area contributed by atoms with E-state index in [1.807, 2.05) is 0 Å². The molecule has 1 aromatic rings. The van der Waals surface area contributed by atoms with Crippen molar-refractivity contribution in [2.45, 2.75) is 51.4 Å². The Hall–Kier alpha value is -1.66. The molecule has 0 spiro atoms. The van der Waals surface area contributed by atoms with Crippen molar-refractivity contribution >= 4 is 0 Å². The highest BCUT2D eigenvalue weighted by Gasteiger charge is 2.21. The SMILES string of the molecule is C#CC#Cc1ccc(C2CCC(CCC)CC2)cc1. The van der Waals surface area contributed by atoms with Crippen molar-refractivity contribution in [2.24, 2.45) is 5.92 Å². The molecule has 0 heteroatoms. The van der Waals surface area contributed by atoms with Gasteiger partial charge < -0.3 is 0 Å². The van der Waals surface area contributed by atoms with Gasteiger partial charge in [0.1, 0.15) is 0 Å². The van der Waals surface area contributed by atoms with E-state index in [0.717, 1.165) is 17.4 Å². The number of benzene rings is 1. The number of hydrogen-bond donors (Lipinski definition) is 0. The molecular formula is C19H22. The summed E-state index contributed by atoms with van der Waals surface area (Å²) < 4.78 is 0. The molecular weight excluding hydrogens is 228 g/mol. The first kappa shape index (κ1) is 13.8. The molecule has 98 valence electrons. The summed E-state index contributed by atoms with van der Waals surface area (Å²) in [5, 5.41) is 0. The third-order valence-electron chi connectivity index (χ3n) is 4.20. The Bertz CT molecular complexity index is 482. The molecule has 1 aliphatic rings. The second kappa shape index (κ2) is 7.06. The Morgan fingerprint density at radius 2 is 1.79 bits per heavy atom. The quantitative estimate of drug-likeness (QED) is 0.679. The minimum atomic E-state index is 0.753. The summed E-state index contributed by atoms with van der Waals surface area (Å²) in [7, 11) is 0. The molecule has 0 bridgehead atoms. The Morgan fingerprint density at radius 3 is 2.37 bits per heavy atom. The molecule has 0 atom stereocenters. The predicted octanol–water partition coefficient (Wildman–Crippen LogP) is 4.75. The third kappa shape index (κ3) is 3.90. The Labute approximate surface area is 117 Å². The van der Waals surface area contributed by atoms with E-state index in [1.165, 1.54) is 44.1 Å². The van der Waals surface area contributed by atoms with Crippen molar-refractivity contribution in [1.82, 2.24) is 0 Å². The van der Waals surface area contributed by atoms with Crippen LogP contribution >= 0.6 is 0 Å². The molecule has 0 N–H and O–H groups in total. The van der Waals surface area contributed by atoms with E-state index in [1.54, 1.807) is 0 Å². The van der Waals surface area contributed by atoms with Crippen LogP contribution in [-0.2, 0) is 0 Å². The van der Waals surface area contributed by atoms with Gasteiger partial charge in [-0.15, -0.1) is 6.42 Å². The van der Waals surface area contributed by atoms with E-state index in [4.69, 9.17) is 6.42 Å². The van der Waals surface area contributed by atoms with Crippen molar-refractivity contribution in [3.8, 4) is 24.2 Å². The van der Waals surface area contributed by atoms with Gasteiger partial charge >= 0.3 is 0 Å². The highest BCUT2D eigenvalue weighted by atomic mass is 14.3. The molecule has 0 heterocycles. The van der Waals surface area contributed by atoms with Crippen LogP contribution in [0.5, 0.6) is 0 Å². The zero-order valence-electron chi connectivity index (χ0n) is 11.8. The largest absolute Gasteiger partial charge is 0.106 e. The van der Waals surface area contributed by atoms with Crippen LogP contribution in [0, 0.1) is 30.1 Å². The van der Waals surface area contributed by atoms with E-state index in [9.17, 15) is 0 Å². The van der Waals surface area contributed by atoms with Crippen molar-refractivity contribution in [2.75, 3.05) is 0 Å². The van der Waals surface area contributed by atoms with Gasteiger partial charge in [0.25, 0.3) is 0 Å². The molecule has 1 saturated carbocycles. The summed E-state index contributed by atoms with van der Waals surface area (Å²) >= 11 is 0. The van der Waals surface area contributed by atoms with E-state index in [2.05, 4.69) is 49.0 Å². The first-order valence-electron chi connectivity index (χ1n) is 7.40. The van der Waals surface area contributed by atoms with Crippen LogP contribution in [0.25, 0.3) is 0 Å². The molecule has 1 aromatic carbocycles. The normalized spacial score (nSPS) is 22.1. The van der Waals surface area contributed by atoms with Gasteiger partial charge in [0.15, 0.2) is 0 Å². The standard InChI is InChI=1S/C19H22/c1-3-5-7-17-10-14-19(15-11-17)18-12-8-16(6-4-2)9-13-18/h1,10-11,14-16,18H,4,6,8-9,12-13H2,2H3. The molecule has 0 aliphatic heterocycles. The van der Waals surface area contributed by atoms with Crippen LogP contribution in [0.2, 0.25) is 0 Å². The molecule has 19 heavy (non-hydrogen) atoms. The molecule has 0 nitrogen and oxygen atoms in total. The Morgan fingerprint density at radius 1 is 1.11 bits per heavy atom. The second-order valence-corrected chi connectivity index (χ2v) is 5.52. The van der Waals surface area contributed by atoms with Gasteiger partial charge in [-0.05, 0) is 67.1 Å². The lowest BCUT2D eigenvalue weighted by Gasteiger charge is -2.28. The first-order chi connectivity index (χ1) is 9.33. The molecule has 2 rings (SSSR count). The summed E-state index contributed by atoms with van der Waals surface area (Å²) in [5.74, 6) is 9.70. The van der Waals surface area contributed by atoms with E-state index in [0.29, 0.717) is 0 Å².